The number of fused-ring (bicyclic) bond motifs is 1. The number of hydrogen-bond donors (Lipinski definition) is 0. The van der Waals surface area contributed by atoms with E-state index < -0.39 is 0 Å². The van der Waals surface area contributed by atoms with Crippen LogP contribution < -0.4 is 0 Å². The van der Waals surface area contributed by atoms with Crippen LogP contribution in [0.3, 0.4) is 0 Å². The summed E-state index contributed by atoms with van der Waals surface area (Å²) in [5, 5.41) is 0. The average molecular weight is 266 g/mol. The van der Waals surface area contributed by atoms with Crippen molar-refractivity contribution in [3.8, 4) is 0 Å². The lowest BCUT2D eigenvalue weighted by molar-refractivity contribution is -0.137. The fraction of sp³-hybridized carbons (Fsp3) is 0.812. The Labute approximate surface area is 116 Å². The lowest BCUT2D eigenvalue weighted by atomic mass is 9.62. The molecule has 19 heavy (non-hydrogen) atoms. The van der Waals surface area contributed by atoms with Crippen LogP contribution in [-0.2, 0) is 14.3 Å². The monoisotopic (exact) mass is 266 g/mol. The first-order valence-electron chi connectivity index (χ1n) is 7.41. The predicted molar refractivity (Wildman–Crippen MR) is 74.8 cm³/mol. The van der Waals surface area contributed by atoms with E-state index in [1.54, 1.807) is 6.08 Å². The maximum Gasteiger partial charge on any atom is 0.330 e. The van der Waals surface area contributed by atoms with Crippen molar-refractivity contribution in [2.45, 2.75) is 65.1 Å². The number of esters is 1. The van der Waals surface area contributed by atoms with E-state index in [9.17, 15) is 4.79 Å². The highest BCUT2D eigenvalue weighted by atomic mass is 16.6. The highest BCUT2D eigenvalue weighted by molar-refractivity contribution is 5.81. The first kappa shape index (κ1) is 14.6. The summed E-state index contributed by atoms with van der Waals surface area (Å²) in [6.07, 6.45) is 8.38. The van der Waals surface area contributed by atoms with Gasteiger partial charge in [-0.05, 0) is 50.9 Å². The van der Waals surface area contributed by atoms with Crippen LogP contribution in [-0.4, -0.2) is 24.3 Å². The van der Waals surface area contributed by atoms with Crippen molar-refractivity contribution in [3.63, 3.8) is 0 Å². The molecule has 2 aliphatic rings. The highest BCUT2D eigenvalue weighted by Crippen LogP contribution is 2.59. The van der Waals surface area contributed by atoms with Crippen molar-refractivity contribution in [2.24, 2.45) is 11.3 Å². The maximum atomic E-state index is 11.2. The van der Waals surface area contributed by atoms with Gasteiger partial charge in [0.1, 0.15) is 0 Å². The Hall–Kier alpha value is -0.830. The molecule has 0 aromatic rings. The molecular weight excluding hydrogens is 240 g/mol. The standard InChI is InChI=1S/C16H26O3/c1-5-18-14(17)9-7-6-8-12-15(2,3)11-10-13-16(12,4)19-13/h7,9,12-13H,5-6,8,10-11H2,1-4H3/b9-7+/t12-,13+,16-/m0/s1. The molecule has 1 saturated heterocycles. The van der Waals surface area contributed by atoms with E-state index in [4.69, 9.17) is 9.47 Å². The smallest absolute Gasteiger partial charge is 0.330 e. The summed E-state index contributed by atoms with van der Waals surface area (Å²) in [4.78, 5) is 11.2. The van der Waals surface area contributed by atoms with E-state index in [0.29, 0.717) is 24.0 Å². The number of carbonyl (C=O) groups excluding carboxylic acids is 1. The zero-order valence-corrected chi connectivity index (χ0v) is 12.6. The van der Waals surface area contributed by atoms with Crippen LogP contribution in [0.15, 0.2) is 12.2 Å². The molecule has 108 valence electrons. The van der Waals surface area contributed by atoms with Crippen LogP contribution in [0.4, 0.5) is 0 Å². The summed E-state index contributed by atoms with van der Waals surface area (Å²) in [7, 11) is 0. The van der Waals surface area contributed by atoms with E-state index in [1.165, 1.54) is 12.8 Å². The molecule has 1 aliphatic heterocycles. The van der Waals surface area contributed by atoms with Gasteiger partial charge in [0.2, 0.25) is 0 Å². The first-order valence-corrected chi connectivity index (χ1v) is 7.41. The molecule has 1 aliphatic carbocycles. The second kappa shape index (κ2) is 5.28. The molecule has 3 heteroatoms. The summed E-state index contributed by atoms with van der Waals surface area (Å²) in [5.41, 5.74) is 0.416. The van der Waals surface area contributed by atoms with Crippen LogP contribution in [0.25, 0.3) is 0 Å². The largest absolute Gasteiger partial charge is 0.463 e. The van der Waals surface area contributed by atoms with E-state index in [0.717, 1.165) is 12.8 Å². The molecule has 2 fully saturated rings. The van der Waals surface area contributed by atoms with Crippen molar-refractivity contribution in [2.75, 3.05) is 6.61 Å². The van der Waals surface area contributed by atoms with Crippen molar-refractivity contribution < 1.29 is 14.3 Å². The second-order valence-electron chi connectivity index (χ2n) is 6.60. The number of epoxide rings is 1. The van der Waals surface area contributed by atoms with Crippen molar-refractivity contribution >= 4 is 5.97 Å². The Morgan fingerprint density at radius 3 is 2.84 bits per heavy atom. The summed E-state index contributed by atoms with van der Waals surface area (Å²) in [6.45, 7) is 9.19. The molecule has 0 unspecified atom stereocenters. The van der Waals surface area contributed by atoms with Gasteiger partial charge in [-0.2, -0.15) is 0 Å². The molecule has 2 rings (SSSR count). The normalized spacial score (nSPS) is 36.0. The first-order chi connectivity index (χ1) is 8.90. The molecule has 0 N–H and O–H groups in total. The van der Waals surface area contributed by atoms with E-state index in [1.807, 2.05) is 13.0 Å². The molecule has 0 bridgehead atoms. The number of hydrogen-bond acceptors (Lipinski definition) is 3. The Kier molecular flexibility index (Phi) is 4.05. The topological polar surface area (TPSA) is 38.8 Å². The molecule has 3 nitrogen and oxygen atoms in total. The van der Waals surface area contributed by atoms with Gasteiger partial charge in [-0.1, -0.05) is 19.9 Å². The fourth-order valence-corrected chi connectivity index (χ4v) is 3.69. The fourth-order valence-electron chi connectivity index (χ4n) is 3.69. The van der Waals surface area contributed by atoms with Crippen LogP contribution in [0.5, 0.6) is 0 Å². The van der Waals surface area contributed by atoms with Gasteiger partial charge < -0.3 is 9.47 Å². The van der Waals surface area contributed by atoms with Gasteiger partial charge in [0, 0.05) is 6.08 Å². The summed E-state index contributed by atoms with van der Waals surface area (Å²) < 4.78 is 10.8. The Morgan fingerprint density at radius 2 is 2.16 bits per heavy atom. The molecule has 0 spiro atoms. The van der Waals surface area contributed by atoms with Crippen molar-refractivity contribution in [1.29, 1.82) is 0 Å². The van der Waals surface area contributed by atoms with Gasteiger partial charge in [0.15, 0.2) is 0 Å². The molecule has 0 radical (unpaired) electrons. The molecule has 0 aromatic heterocycles. The molecule has 0 amide bonds. The van der Waals surface area contributed by atoms with E-state index in [-0.39, 0.29) is 11.6 Å². The highest BCUT2D eigenvalue weighted by Gasteiger charge is 2.63. The molecular formula is C16H26O3. The van der Waals surface area contributed by atoms with Crippen LogP contribution in [0.1, 0.15) is 53.4 Å². The molecule has 1 heterocycles. The quantitative estimate of drug-likeness (QED) is 0.434. The third-order valence-corrected chi connectivity index (χ3v) is 4.83. The van der Waals surface area contributed by atoms with Gasteiger partial charge in [-0.15, -0.1) is 0 Å². The minimum Gasteiger partial charge on any atom is -0.463 e. The van der Waals surface area contributed by atoms with E-state index in [2.05, 4.69) is 20.8 Å². The third kappa shape index (κ3) is 3.02. The van der Waals surface area contributed by atoms with Crippen molar-refractivity contribution in [3.05, 3.63) is 12.2 Å². The van der Waals surface area contributed by atoms with Gasteiger partial charge in [0.25, 0.3) is 0 Å². The summed E-state index contributed by atoms with van der Waals surface area (Å²) in [5.74, 6) is 0.336. The van der Waals surface area contributed by atoms with Gasteiger partial charge in [0.05, 0.1) is 18.3 Å². The van der Waals surface area contributed by atoms with Crippen LogP contribution in [0.2, 0.25) is 0 Å². The van der Waals surface area contributed by atoms with Crippen molar-refractivity contribution in [1.82, 2.24) is 0 Å². The van der Waals surface area contributed by atoms with Crippen LogP contribution in [0, 0.1) is 11.3 Å². The predicted octanol–water partition coefficient (Wildman–Crippen LogP) is 3.48. The van der Waals surface area contributed by atoms with Gasteiger partial charge in [-0.25, -0.2) is 4.79 Å². The third-order valence-electron chi connectivity index (χ3n) is 4.83. The molecule has 3 atom stereocenters. The molecule has 0 aromatic carbocycles. The summed E-state index contributed by atoms with van der Waals surface area (Å²) in [6, 6.07) is 0. The van der Waals surface area contributed by atoms with Gasteiger partial charge >= 0.3 is 5.97 Å². The zero-order valence-electron chi connectivity index (χ0n) is 12.6. The second-order valence-corrected chi connectivity index (χ2v) is 6.60. The van der Waals surface area contributed by atoms with E-state index >= 15 is 0 Å². The lowest BCUT2D eigenvalue weighted by Crippen LogP contribution is -2.40. The SMILES string of the molecule is CCOC(=O)/C=C/CC[C@H]1C(C)(C)CC[C@H]2O[C@]21C. The zero-order chi connectivity index (χ0) is 14.1. The number of carbonyl (C=O) groups is 1. The molecule has 1 saturated carbocycles. The van der Waals surface area contributed by atoms with Crippen LogP contribution >= 0.6 is 0 Å². The Balaban J connectivity index is 1.86. The minimum atomic E-state index is -0.239. The maximum absolute atomic E-state index is 11.2. The average Bonchev–Trinajstić information content (AvgIpc) is 2.99. The summed E-state index contributed by atoms with van der Waals surface area (Å²) >= 11 is 0. The minimum absolute atomic E-state index is 0.0829. The Bertz CT molecular complexity index is 367. The number of ether oxygens (including phenoxy) is 2. The Morgan fingerprint density at radius 1 is 1.42 bits per heavy atom. The number of allylic oxidation sites excluding steroid dienone is 1. The number of rotatable bonds is 5. The van der Waals surface area contributed by atoms with Gasteiger partial charge in [-0.3, -0.25) is 0 Å². The lowest BCUT2D eigenvalue weighted by Gasteiger charge is -2.40.